The van der Waals surface area contributed by atoms with E-state index in [9.17, 15) is 9.59 Å². The van der Waals surface area contributed by atoms with Crippen LogP contribution in [-0.2, 0) is 11.3 Å². The van der Waals surface area contributed by atoms with E-state index in [4.69, 9.17) is 14.2 Å². The van der Waals surface area contributed by atoms with Gasteiger partial charge in [-0.2, -0.15) is 0 Å². The summed E-state index contributed by atoms with van der Waals surface area (Å²) in [6.45, 7) is 8.61. The van der Waals surface area contributed by atoms with Crippen molar-refractivity contribution in [3.8, 4) is 11.5 Å². The number of ether oxygens (including phenoxy) is 3. The molecule has 26 heavy (non-hydrogen) atoms. The minimum absolute atomic E-state index is 0.319. The summed E-state index contributed by atoms with van der Waals surface area (Å²) in [5, 5.41) is 0.415. The van der Waals surface area contributed by atoms with E-state index >= 15 is 0 Å². The number of hydrogen-bond acceptors (Lipinski definition) is 6. The molecule has 2 heterocycles. The SMILES string of the molecule is CCOc1cc2[nH]c(=O)n(CCN3CCOCC3)c(=O)c2cc1OCC. The maximum atomic E-state index is 12.9. The molecular weight excluding hydrogens is 338 g/mol. The summed E-state index contributed by atoms with van der Waals surface area (Å²) in [5.41, 5.74) is -0.280. The first kappa shape index (κ1) is 18.5. The van der Waals surface area contributed by atoms with Gasteiger partial charge in [0.05, 0.1) is 37.3 Å². The quantitative estimate of drug-likeness (QED) is 0.784. The molecule has 0 bridgehead atoms. The Balaban J connectivity index is 1.95. The predicted octanol–water partition coefficient (Wildman–Crippen LogP) is 0.819. The number of H-pyrrole nitrogens is 1. The Bertz CT molecular complexity index is 867. The van der Waals surface area contributed by atoms with Gasteiger partial charge in [-0.15, -0.1) is 0 Å². The zero-order valence-electron chi connectivity index (χ0n) is 15.2. The van der Waals surface area contributed by atoms with Gasteiger partial charge < -0.3 is 19.2 Å². The Morgan fingerprint density at radius 2 is 1.69 bits per heavy atom. The van der Waals surface area contributed by atoms with E-state index in [-0.39, 0.29) is 5.56 Å². The molecule has 0 radical (unpaired) electrons. The van der Waals surface area contributed by atoms with E-state index < -0.39 is 5.69 Å². The smallest absolute Gasteiger partial charge is 0.328 e. The third-order valence-electron chi connectivity index (χ3n) is 4.39. The highest BCUT2D eigenvalue weighted by molar-refractivity contribution is 5.81. The lowest BCUT2D eigenvalue weighted by molar-refractivity contribution is 0.0361. The molecule has 8 heteroatoms. The number of aromatic amines is 1. The molecule has 0 atom stereocenters. The van der Waals surface area contributed by atoms with Crippen LogP contribution in [0.3, 0.4) is 0 Å². The number of fused-ring (bicyclic) bond motifs is 1. The molecule has 8 nitrogen and oxygen atoms in total. The molecule has 1 aliphatic heterocycles. The van der Waals surface area contributed by atoms with Gasteiger partial charge in [-0.3, -0.25) is 14.3 Å². The lowest BCUT2D eigenvalue weighted by atomic mass is 10.2. The second kappa shape index (κ2) is 8.37. The fraction of sp³-hybridized carbons (Fsp3) is 0.556. The molecule has 1 aliphatic rings. The summed E-state index contributed by atoms with van der Waals surface area (Å²) in [4.78, 5) is 30.2. The molecule has 1 saturated heterocycles. The minimum Gasteiger partial charge on any atom is -0.490 e. The van der Waals surface area contributed by atoms with Gasteiger partial charge in [0.1, 0.15) is 0 Å². The van der Waals surface area contributed by atoms with Crippen molar-refractivity contribution in [3.05, 3.63) is 33.0 Å². The van der Waals surface area contributed by atoms with Crippen molar-refractivity contribution in [1.29, 1.82) is 0 Å². The van der Waals surface area contributed by atoms with Gasteiger partial charge in [0.25, 0.3) is 5.56 Å². The zero-order chi connectivity index (χ0) is 18.5. The molecule has 1 N–H and O–H groups in total. The normalized spacial score (nSPS) is 15.3. The highest BCUT2D eigenvalue weighted by Crippen LogP contribution is 2.30. The maximum absolute atomic E-state index is 12.9. The van der Waals surface area contributed by atoms with Gasteiger partial charge in [-0.25, -0.2) is 4.79 Å². The van der Waals surface area contributed by atoms with E-state index in [1.807, 2.05) is 13.8 Å². The van der Waals surface area contributed by atoms with E-state index in [2.05, 4.69) is 9.88 Å². The summed E-state index contributed by atoms with van der Waals surface area (Å²) in [6.07, 6.45) is 0. The monoisotopic (exact) mass is 363 g/mol. The molecule has 0 spiro atoms. The van der Waals surface area contributed by atoms with Crippen LogP contribution in [-0.4, -0.2) is 60.5 Å². The number of benzene rings is 1. The topological polar surface area (TPSA) is 85.8 Å². The largest absolute Gasteiger partial charge is 0.490 e. The van der Waals surface area contributed by atoms with Gasteiger partial charge in [0, 0.05) is 32.2 Å². The van der Waals surface area contributed by atoms with Crippen molar-refractivity contribution in [3.63, 3.8) is 0 Å². The average molecular weight is 363 g/mol. The van der Waals surface area contributed by atoms with Crippen LogP contribution in [0.25, 0.3) is 10.9 Å². The van der Waals surface area contributed by atoms with Gasteiger partial charge in [-0.05, 0) is 19.9 Å². The first-order chi connectivity index (χ1) is 12.6. The standard InChI is InChI=1S/C18H25N3O5/c1-3-25-15-11-13-14(12-16(15)26-4-2)19-18(23)21(17(13)22)6-5-20-7-9-24-10-8-20/h11-12H,3-10H2,1-2H3,(H,19,23). The van der Waals surface area contributed by atoms with Crippen molar-refractivity contribution in [2.45, 2.75) is 20.4 Å². The lowest BCUT2D eigenvalue weighted by Crippen LogP contribution is -2.42. The van der Waals surface area contributed by atoms with Crippen molar-refractivity contribution in [2.75, 3.05) is 46.1 Å². The van der Waals surface area contributed by atoms with Crippen LogP contribution in [0.2, 0.25) is 0 Å². The second-order valence-corrected chi connectivity index (χ2v) is 6.05. The number of hydrogen-bond donors (Lipinski definition) is 1. The van der Waals surface area contributed by atoms with Crippen molar-refractivity contribution in [2.24, 2.45) is 0 Å². The molecule has 2 aromatic rings. The number of nitrogens with zero attached hydrogens (tertiary/aromatic N) is 2. The lowest BCUT2D eigenvalue weighted by Gasteiger charge is -2.26. The number of morpholine rings is 1. The Morgan fingerprint density at radius 3 is 2.35 bits per heavy atom. The summed E-state index contributed by atoms with van der Waals surface area (Å²) in [5.74, 6) is 1.02. The van der Waals surface area contributed by atoms with Crippen LogP contribution < -0.4 is 20.7 Å². The molecular formula is C18H25N3O5. The molecule has 1 fully saturated rings. The van der Waals surface area contributed by atoms with Gasteiger partial charge in [0.2, 0.25) is 0 Å². The van der Waals surface area contributed by atoms with E-state index in [1.54, 1.807) is 12.1 Å². The highest BCUT2D eigenvalue weighted by atomic mass is 16.5. The Morgan fingerprint density at radius 1 is 1.04 bits per heavy atom. The fourth-order valence-corrected chi connectivity index (χ4v) is 3.07. The Hall–Kier alpha value is -2.32. The number of aromatic nitrogens is 2. The first-order valence-electron chi connectivity index (χ1n) is 9.00. The van der Waals surface area contributed by atoms with E-state index in [0.29, 0.717) is 61.9 Å². The molecule has 0 amide bonds. The molecule has 1 aromatic heterocycles. The van der Waals surface area contributed by atoms with Crippen LogP contribution >= 0.6 is 0 Å². The van der Waals surface area contributed by atoms with Crippen molar-refractivity contribution < 1.29 is 14.2 Å². The third kappa shape index (κ3) is 3.91. The molecule has 0 aliphatic carbocycles. The first-order valence-corrected chi connectivity index (χ1v) is 9.00. The molecule has 0 unspecified atom stereocenters. The second-order valence-electron chi connectivity index (χ2n) is 6.05. The zero-order valence-corrected chi connectivity index (χ0v) is 15.2. The summed E-state index contributed by atoms with van der Waals surface area (Å²) in [6, 6.07) is 3.30. The Labute approximate surface area is 151 Å². The summed E-state index contributed by atoms with van der Waals surface area (Å²) < 4.78 is 17.7. The third-order valence-corrected chi connectivity index (χ3v) is 4.39. The molecule has 142 valence electrons. The summed E-state index contributed by atoms with van der Waals surface area (Å²) in [7, 11) is 0. The molecule has 3 rings (SSSR count). The maximum Gasteiger partial charge on any atom is 0.328 e. The van der Waals surface area contributed by atoms with Crippen LogP contribution in [0.5, 0.6) is 11.5 Å². The van der Waals surface area contributed by atoms with Gasteiger partial charge >= 0.3 is 5.69 Å². The van der Waals surface area contributed by atoms with Crippen molar-refractivity contribution >= 4 is 10.9 Å². The highest BCUT2D eigenvalue weighted by Gasteiger charge is 2.15. The molecule has 1 aromatic carbocycles. The predicted molar refractivity (Wildman–Crippen MR) is 98.4 cm³/mol. The van der Waals surface area contributed by atoms with Gasteiger partial charge in [0.15, 0.2) is 11.5 Å². The van der Waals surface area contributed by atoms with Crippen LogP contribution in [0, 0.1) is 0 Å². The van der Waals surface area contributed by atoms with E-state index in [1.165, 1.54) is 4.57 Å². The van der Waals surface area contributed by atoms with Crippen LogP contribution in [0.4, 0.5) is 0 Å². The van der Waals surface area contributed by atoms with Gasteiger partial charge in [-0.1, -0.05) is 0 Å². The average Bonchev–Trinajstić information content (AvgIpc) is 2.64. The number of rotatable bonds is 7. The van der Waals surface area contributed by atoms with Crippen LogP contribution in [0.15, 0.2) is 21.7 Å². The number of nitrogens with one attached hydrogen (secondary N) is 1. The van der Waals surface area contributed by atoms with Crippen molar-refractivity contribution in [1.82, 2.24) is 14.5 Å². The summed E-state index contributed by atoms with van der Waals surface area (Å²) >= 11 is 0. The fourth-order valence-electron chi connectivity index (χ4n) is 3.07. The Kier molecular flexibility index (Phi) is 5.95. The molecule has 0 saturated carbocycles. The van der Waals surface area contributed by atoms with Crippen LogP contribution in [0.1, 0.15) is 13.8 Å². The minimum atomic E-state index is -0.414. The van der Waals surface area contributed by atoms with E-state index in [0.717, 1.165) is 13.1 Å².